The molecule has 0 unspecified atom stereocenters. The van der Waals surface area contributed by atoms with Gasteiger partial charge < -0.3 is 4.90 Å². The molecule has 11 rings (SSSR count). The molecule has 0 N–H and O–H groups in total. The van der Waals surface area contributed by atoms with E-state index >= 15 is 0 Å². The zero-order chi connectivity index (χ0) is 47.7. The maximum Gasteiger partial charge on any atom is 0.142 e. The summed E-state index contributed by atoms with van der Waals surface area (Å²) in [7, 11) is 16.4. The van der Waals surface area contributed by atoms with Crippen LogP contribution in [0.4, 0.5) is 17.1 Å². The van der Waals surface area contributed by atoms with Crippen molar-refractivity contribution in [2.24, 2.45) is 0 Å². The average molecular weight is 875 g/mol. The number of benzene rings is 10. The molecule has 0 saturated heterocycles. The second-order valence-electron chi connectivity index (χ2n) is 19.8. The minimum Gasteiger partial charge on any atom is -0.311 e. The Hall–Kier alpha value is -7.29. The Balaban J connectivity index is 1.16. The van der Waals surface area contributed by atoms with E-state index in [0.29, 0.717) is 0 Å². The summed E-state index contributed by atoms with van der Waals surface area (Å²) in [4.78, 5) is 2.57. The summed E-state index contributed by atoms with van der Waals surface area (Å²) in [5.41, 5.74) is 30.8. The highest BCUT2D eigenvalue weighted by Gasteiger charge is 2.42. The molecular weight excluding hydrogens is 822 g/mol. The lowest BCUT2D eigenvalue weighted by molar-refractivity contribution is 0.669. The number of fused-ring (bicyclic) bond motifs is 4. The van der Waals surface area contributed by atoms with E-state index in [4.69, 9.17) is 0 Å². The van der Waals surface area contributed by atoms with Gasteiger partial charge in [0.05, 0.1) is 5.69 Å². The molecule has 1 aliphatic rings. The predicted molar refractivity (Wildman–Crippen MR) is 321 cm³/mol. The van der Waals surface area contributed by atoms with Crippen LogP contribution in [0.2, 0.25) is 0 Å². The van der Waals surface area contributed by atoms with E-state index in [2.05, 4.69) is 268 Å². The van der Waals surface area contributed by atoms with Crippen molar-refractivity contribution in [3.8, 4) is 66.8 Å². The smallest absolute Gasteiger partial charge is 0.142 e. The Kier molecular flexibility index (Phi) is 11.1. The lowest BCUT2D eigenvalue weighted by Crippen LogP contribution is -2.51. The largest absolute Gasteiger partial charge is 0.311 e. The van der Waals surface area contributed by atoms with Crippen LogP contribution < -0.4 is 43.1 Å². The topological polar surface area (TPSA) is 3.24 Å². The Labute approximate surface area is 414 Å². The van der Waals surface area contributed by atoms with Crippen LogP contribution in [0.25, 0.3) is 77.5 Å². The van der Waals surface area contributed by atoms with Crippen LogP contribution in [0.5, 0.6) is 0 Å². The first kappa shape index (κ1) is 44.2. The van der Waals surface area contributed by atoms with Gasteiger partial charge in [0.25, 0.3) is 0 Å². The van der Waals surface area contributed by atoms with E-state index in [1.165, 1.54) is 133 Å². The second-order valence-corrected chi connectivity index (χ2v) is 19.8. The summed E-state index contributed by atoms with van der Waals surface area (Å²) in [5, 5.41) is 2.49. The number of hydrogen-bond acceptors (Lipinski definition) is 1. The van der Waals surface area contributed by atoms with Crippen molar-refractivity contribution in [2.45, 2.75) is 19.3 Å². The highest BCUT2D eigenvalue weighted by molar-refractivity contribution is 6.65. The number of para-hydroxylation sites is 1. The van der Waals surface area contributed by atoms with Gasteiger partial charge in [0.2, 0.25) is 0 Å². The standard InChI is InChI=1S/C61H52B7N/c1-61(2)51-49(53(62)57(66)58(67)55(51)64)50-52(61)56(65)60(59(68)54(50)63)69(47-26-16-15-25-43(47)37-21-11-5-12-22-37)41-29-27-39(28-30-41)44-32-31-42(36-19-9-4-10-20-36)46-34-40(35-17-7-3-8-18-35)33-45(48(44)46)38-23-13-6-14-24-38/h3-34H,62-68H2,1-2H3. The third-order valence-electron chi connectivity index (χ3n) is 15.7. The average Bonchev–Trinajstić information content (AvgIpc) is 3.65. The zero-order valence-electron chi connectivity index (χ0n) is 41.4. The van der Waals surface area contributed by atoms with Crippen LogP contribution in [-0.4, -0.2) is 54.9 Å². The molecule has 1 nitrogen and oxygen atoms in total. The monoisotopic (exact) mass is 875 g/mol. The molecule has 0 fully saturated rings. The molecule has 0 aliphatic heterocycles. The molecule has 10 aromatic rings. The van der Waals surface area contributed by atoms with Gasteiger partial charge in [-0.15, -0.1) is 10.9 Å². The third-order valence-corrected chi connectivity index (χ3v) is 15.7. The zero-order valence-corrected chi connectivity index (χ0v) is 41.4. The van der Waals surface area contributed by atoms with Crippen LogP contribution in [0.3, 0.4) is 0 Å². The number of nitrogens with zero attached hydrogens (tertiary/aromatic N) is 1. The van der Waals surface area contributed by atoms with E-state index in [0.717, 1.165) is 11.4 Å². The Bertz CT molecular complexity index is 3630. The predicted octanol–water partition coefficient (Wildman–Crippen LogP) is 4.76. The maximum absolute atomic E-state index is 2.57. The van der Waals surface area contributed by atoms with Crippen molar-refractivity contribution in [1.29, 1.82) is 0 Å². The molecule has 0 saturated carbocycles. The first-order valence-corrected chi connectivity index (χ1v) is 24.5. The van der Waals surface area contributed by atoms with Crippen molar-refractivity contribution in [3.05, 3.63) is 205 Å². The molecule has 8 heteroatoms. The second kappa shape index (κ2) is 17.3. The molecule has 10 aromatic carbocycles. The molecule has 69 heavy (non-hydrogen) atoms. The fourth-order valence-corrected chi connectivity index (χ4v) is 12.0. The van der Waals surface area contributed by atoms with Gasteiger partial charge in [-0.3, -0.25) is 0 Å². The first-order valence-electron chi connectivity index (χ1n) is 24.5. The summed E-state index contributed by atoms with van der Waals surface area (Å²) in [5.74, 6) is 0. The summed E-state index contributed by atoms with van der Waals surface area (Å²) in [6.07, 6.45) is 0. The highest BCUT2D eigenvalue weighted by Crippen LogP contribution is 2.49. The van der Waals surface area contributed by atoms with Gasteiger partial charge in [0, 0.05) is 22.4 Å². The summed E-state index contributed by atoms with van der Waals surface area (Å²) < 4.78 is 0. The van der Waals surface area contributed by atoms with Crippen LogP contribution in [0.15, 0.2) is 194 Å². The lowest BCUT2D eigenvalue weighted by Gasteiger charge is -2.35. The molecule has 0 heterocycles. The Morgan fingerprint density at radius 3 is 1.38 bits per heavy atom. The van der Waals surface area contributed by atoms with Crippen LogP contribution in [-0.2, 0) is 5.41 Å². The van der Waals surface area contributed by atoms with Crippen molar-refractivity contribution >= 4 is 121 Å². The summed E-state index contributed by atoms with van der Waals surface area (Å²) in [6, 6.07) is 71.3. The molecule has 1 aliphatic carbocycles. The third kappa shape index (κ3) is 7.18. The number of anilines is 3. The Morgan fingerprint density at radius 1 is 0.333 bits per heavy atom. The molecule has 322 valence electrons. The maximum atomic E-state index is 2.57. The molecule has 0 atom stereocenters. The van der Waals surface area contributed by atoms with Crippen molar-refractivity contribution in [3.63, 3.8) is 0 Å². The van der Waals surface area contributed by atoms with E-state index in [-0.39, 0.29) is 5.41 Å². The highest BCUT2D eigenvalue weighted by atomic mass is 15.1. The van der Waals surface area contributed by atoms with Crippen LogP contribution in [0, 0.1) is 0 Å². The van der Waals surface area contributed by atoms with Gasteiger partial charge in [-0.2, -0.15) is 0 Å². The summed E-state index contributed by atoms with van der Waals surface area (Å²) >= 11 is 0. The van der Waals surface area contributed by atoms with E-state index in [9.17, 15) is 0 Å². The fraction of sp³-hybridized carbons (Fsp3) is 0.0492. The number of hydrogen-bond donors (Lipinski definition) is 0. The molecular formula is C61H52B7N. The minimum atomic E-state index is -0.187. The fourth-order valence-electron chi connectivity index (χ4n) is 12.0. The molecule has 0 spiro atoms. The van der Waals surface area contributed by atoms with Gasteiger partial charge in [0.15, 0.2) is 0 Å². The summed E-state index contributed by atoms with van der Waals surface area (Å²) in [6.45, 7) is 4.92. The quantitative estimate of drug-likeness (QED) is 0.200. The SMILES string of the molecule is Bc1c(B)c(B)c2c(c1B)-c1c(B)c(B)c(N(c3ccc(-c4ccc(-c5ccccc5)c5cc(-c6ccccc6)cc(-c6ccccc6)c45)cc3)c3ccccc3-c3ccccc3)c(B)c1C2(C)C. The molecule has 0 radical (unpaired) electrons. The molecule has 0 bridgehead atoms. The first-order chi connectivity index (χ1) is 33.5. The Morgan fingerprint density at radius 2 is 0.783 bits per heavy atom. The lowest BCUT2D eigenvalue weighted by atomic mass is 9.61. The minimum absolute atomic E-state index is 0.187. The van der Waals surface area contributed by atoms with Crippen LogP contribution in [0.1, 0.15) is 25.0 Å². The van der Waals surface area contributed by atoms with Gasteiger partial charge in [-0.25, -0.2) is 0 Å². The van der Waals surface area contributed by atoms with Crippen molar-refractivity contribution < 1.29 is 0 Å². The van der Waals surface area contributed by atoms with Gasteiger partial charge in [0.1, 0.15) is 54.9 Å². The van der Waals surface area contributed by atoms with Gasteiger partial charge in [-0.05, 0) is 113 Å². The normalized spacial score (nSPS) is 12.4. The van der Waals surface area contributed by atoms with Crippen molar-refractivity contribution in [2.75, 3.05) is 4.90 Å². The van der Waals surface area contributed by atoms with Gasteiger partial charge in [-0.1, -0.05) is 205 Å². The van der Waals surface area contributed by atoms with Crippen LogP contribution >= 0.6 is 0 Å². The number of rotatable bonds is 8. The van der Waals surface area contributed by atoms with Crippen molar-refractivity contribution in [1.82, 2.24) is 0 Å². The van der Waals surface area contributed by atoms with E-state index < -0.39 is 0 Å². The van der Waals surface area contributed by atoms with Gasteiger partial charge >= 0.3 is 0 Å². The van der Waals surface area contributed by atoms with E-state index in [1.54, 1.807) is 0 Å². The van der Waals surface area contributed by atoms with E-state index in [1.807, 2.05) is 0 Å². The molecule has 0 aromatic heterocycles. The molecule has 0 amide bonds.